The molecule has 1 saturated heterocycles. The molecule has 6 aliphatic rings. The minimum absolute atomic E-state index is 0.154. The van der Waals surface area contributed by atoms with Crippen LogP contribution in [0.1, 0.15) is 46.9 Å². The molecule has 0 spiro atoms. The van der Waals surface area contributed by atoms with Gasteiger partial charge in [-0.25, -0.2) is 0 Å². The summed E-state index contributed by atoms with van der Waals surface area (Å²) in [6, 6.07) is 15.1. The molecule has 0 amide bonds. The molecule has 17 heteroatoms. The van der Waals surface area contributed by atoms with E-state index in [0.717, 1.165) is 22.3 Å². The zero-order valence-corrected chi connectivity index (χ0v) is 24.3. The van der Waals surface area contributed by atoms with Gasteiger partial charge < -0.3 is 9.47 Å². The van der Waals surface area contributed by atoms with Crippen LogP contribution in [0.15, 0.2) is 48.5 Å². The number of esters is 2. The van der Waals surface area contributed by atoms with Crippen molar-refractivity contribution in [1.82, 2.24) is 0 Å². The fourth-order valence-electron chi connectivity index (χ4n) is 8.20. The molecule has 1 N–H and O–H groups in total. The largest absolute Gasteiger partial charge is 0.459 e. The number of ether oxygens (including phenoxy) is 2. The first-order valence-electron chi connectivity index (χ1n) is 13.9. The topological polar surface area (TPSA) is 150 Å². The van der Waals surface area contributed by atoms with Gasteiger partial charge >= 0.3 is 33.5 Å². The maximum atomic E-state index is 14.2. The van der Waals surface area contributed by atoms with Crippen LogP contribution in [-0.4, -0.2) is 68.3 Å². The van der Waals surface area contributed by atoms with Gasteiger partial charge in [0, 0.05) is 23.7 Å². The van der Waals surface area contributed by atoms with Crippen LogP contribution in [-0.2, 0) is 43.5 Å². The van der Waals surface area contributed by atoms with Crippen molar-refractivity contribution >= 4 is 32.2 Å². The van der Waals surface area contributed by atoms with Crippen molar-refractivity contribution in [1.29, 1.82) is 0 Å². The summed E-state index contributed by atoms with van der Waals surface area (Å²) in [6.07, 6.45) is -13.4. The highest BCUT2D eigenvalue weighted by molar-refractivity contribution is 7.87. The van der Waals surface area contributed by atoms with E-state index in [1.54, 1.807) is 0 Å². The van der Waals surface area contributed by atoms with E-state index in [2.05, 4.69) is 4.74 Å². The van der Waals surface area contributed by atoms with Gasteiger partial charge in [0.15, 0.2) is 0 Å². The number of halogens is 5. The van der Waals surface area contributed by atoms with E-state index in [4.69, 9.17) is 13.5 Å². The maximum absolute atomic E-state index is 14.2. The van der Waals surface area contributed by atoms with Crippen LogP contribution in [0.4, 0.5) is 22.0 Å². The summed E-state index contributed by atoms with van der Waals surface area (Å²) < 4.78 is 140. The molecular weight excluding hydrogens is 655 g/mol. The average molecular weight is 679 g/mol. The van der Waals surface area contributed by atoms with Crippen LogP contribution in [0.5, 0.6) is 0 Å². The third-order valence-electron chi connectivity index (χ3n) is 9.84. The van der Waals surface area contributed by atoms with Gasteiger partial charge in [-0.1, -0.05) is 48.5 Å². The second kappa shape index (κ2) is 9.68. The van der Waals surface area contributed by atoms with E-state index in [1.165, 1.54) is 0 Å². The number of hydrogen-bond acceptors (Lipinski definition) is 9. The van der Waals surface area contributed by atoms with Gasteiger partial charge in [0.2, 0.25) is 0 Å². The van der Waals surface area contributed by atoms with Crippen LogP contribution >= 0.6 is 0 Å². The molecule has 0 aromatic heterocycles. The average Bonchev–Trinajstić information content (AvgIpc) is 3.57. The highest BCUT2D eigenvalue weighted by atomic mass is 32.2. The van der Waals surface area contributed by atoms with Crippen molar-refractivity contribution in [3.05, 3.63) is 70.8 Å². The van der Waals surface area contributed by atoms with Gasteiger partial charge in [0.1, 0.15) is 17.5 Å². The minimum Gasteiger partial charge on any atom is -0.459 e. The molecular formula is C28H23F5O10S2. The van der Waals surface area contributed by atoms with Gasteiger partial charge in [0.05, 0.1) is 11.8 Å². The highest BCUT2D eigenvalue weighted by Crippen LogP contribution is 2.60. The Morgan fingerprint density at radius 3 is 1.98 bits per heavy atom. The molecule has 1 aliphatic heterocycles. The summed E-state index contributed by atoms with van der Waals surface area (Å²) in [5.41, 5.74) is 3.90. The molecule has 10 nitrogen and oxygen atoms in total. The molecule has 2 saturated carbocycles. The highest BCUT2D eigenvalue weighted by Gasteiger charge is 2.74. The van der Waals surface area contributed by atoms with Crippen LogP contribution in [0.3, 0.4) is 0 Å². The third-order valence-corrected chi connectivity index (χ3v) is 12.5. The monoisotopic (exact) mass is 678 g/mol. The fourth-order valence-corrected chi connectivity index (χ4v) is 10.7. The third kappa shape index (κ3) is 4.36. The van der Waals surface area contributed by atoms with Gasteiger partial charge in [-0.2, -0.15) is 38.8 Å². The number of alkyl halides is 5. The Labute approximate surface area is 252 Å². The van der Waals surface area contributed by atoms with Gasteiger partial charge in [-0.05, 0) is 35.1 Å². The molecule has 5 aliphatic carbocycles. The molecule has 45 heavy (non-hydrogen) atoms. The lowest BCUT2D eigenvalue weighted by atomic mass is 9.59. The van der Waals surface area contributed by atoms with E-state index >= 15 is 0 Å². The number of hydrogen-bond donors (Lipinski definition) is 1. The predicted octanol–water partition coefficient (Wildman–Crippen LogP) is 3.51. The first-order chi connectivity index (χ1) is 20.9. The Morgan fingerprint density at radius 1 is 0.889 bits per heavy atom. The number of rotatable bonds is 6. The summed E-state index contributed by atoms with van der Waals surface area (Å²) in [5.74, 6) is -8.58. The normalized spacial score (nSPS) is 34.6. The summed E-state index contributed by atoms with van der Waals surface area (Å²) in [4.78, 5) is 26.9. The molecule has 0 radical (unpaired) electrons. The SMILES string of the molecule is O=C(OC1C2CC3C1OS(=O)(=O)C3C2C(=O)OC(C(F)(F)F)C(F)(F)S(=O)(=O)O)C1CC2c3ccccc3C1c1ccccc12. The molecule has 8 atom stereocenters. The van der Waals surface area contributed by atoms with E-state index in [0.29, 0.717) is 6.42 Å². The molecule has 2 aromatic rings. The van der Waals surface area contributed by atoms with E-state index in [9.17, 15) is 48.4 Å². The lowest BCUT2D eigenvalue weighted by Crippen LogP contribution is -2.54. The summed E-state index contributed by atoms with van der Waals surface area (Å²) >= 11 is 0. The Balaban J connectivity index is 1.18. The molecule has 1 heterocycles. The molecule has 2 aromatic carbocycles. The summed E-state index contributed by atoms with van der Waals surface area (Å²) in [6.45, 7) is 0. The number of carbonyl (C=O) groups excluding carboxylic acids is 2. The van der Waals surface area contributed by atoms with E-state index < -0.39 is 96.8 Å². The van der Waals surface area contributed by atoms with Gasteiger partial charge in [-0.15, -0.1) is 0 Å². The smallest absolute Gasteiger partial charge is 0.432 e. The zero-order valence-electron chi connectivity index (χ0n) is 22.6. The first kappa shape index (κ1) is 30.5. The van der Waals surface area contributed by atoms with Gasteiger partial charge in [0.25, 0.3) is 16.2 Å². The van der Waals surface area contributed by atoms with Crippen molar-refractivity contribution < 1.29 is 66.6 Å². The quantitative estimate of drug-likeness (QED) is 0.208. The maximum Gasteiger partial charge on any atom is 0.432 e. The number of carbonyl (C=O) groups is 2. The number of benzene rings is 2. The Kier molecular flexibility index (Phi) is 6.56. The molecule has 8 unspecified atom stereocenters. The van der Waals surface area contributed by atoms with Crippen molar-refractivity contribution in [2.24, 2.45) is 23.7 Å². The van der Waals surface area contributed by atoms with Crippen molar-refractivity contribution in [3.8, 4) is 0 Å². The Bertz CT molecular complexity index is 1780. The first-order valence-corrected chi connectivity index (χ1v) is 16.8. The summed E-state index contributed by atoms with van der Waals surface area (Å²) in [5, 5.41) is -7.81. The van der Waals surface area contributed by atoms with Crippen LogP contribution in [0.25, 0.3) is 0 Å². The predicted molar refractivity (Wildman–Crippen MR) is 140 cm³/mol. The van der Waals surface area contributed by atoms with E-state index in [1.807, 2.05) is 48.5 Å². The molecule has 242 valence electrons. The van der Waals surface area contributed by atoms with Crippen LogP contribution in [0.2, 0.25) is 0 Å². The molecule has 4 bridgehead atoms. The van der Waals surface area contributed by atoms with E-state index in [-0.39, 0.29) is 12.3 Å². The lowest BCUT2D eigenvalue weighted by Gasteiger charge is -2.45. The van der Waals surface area contributed by atoms with Gasteiger partial charge in [-0.3, -0.25) is 18.3 Å². The lowest BCUT2D eigenvalue weighted by molar-refractivity contribution is -0.261. The van der Waals surface area contributed by atoms with Crippen molar-refractivity contribution in [3.63, 3.8) is 0 Å². The minimum atomic E-state index is -6.73. The fraction of sp³-hybridized carbons (Fsp3) is 0.500. The van der Waals surface area contributed by atoms with Crippen LogP contribution < -0.4 is 0 Å². The number of fused-ring (bicyclic) bond motifs is 2. The molecule has 8 rings (SSSR count). The van der Waals surface area contributed by atoms with Crippen LogP contribution in [0, 0.1) is 23.7 Å². The second-order valence-corrected chi connectivity index (χ2v) is 15.3. The Hall–Kier alpha value is -3.15. The Morgan fingerprint density at radius 2 is 1.44 bits per heavy atom. The zero-order chi connectivity index (χ0) is 32.4. The summed E-state index contributed by atoms with van der Waals surface area (Å²) in [7, 11) is -11.4. The molecule has 3 fully saturated rings. The standard InChI is InChI=1S/C28H23F5O10S2/c29-27(30,31)26(28(32,33)45(38,39)40)42-25(35)20-16-10-18-22(43-44(36,37)23(18)20)21(16)41-24(34)17-9-15-11-5-1-3-7-13(11)19(17)14-8-4-2-6-12(14)15/h1-8,15-23,26H,9-10H2,(H,38,39,40). The van der Waals surface area contributed by atoms with Crippen molar-refractivity contribution in [2.45, 2.75) is 59.7 Å². The van der Waals surface area contributed by atoms with Crippen molar-refractivity contribution in [2.75, 3.05) is 0 Å². The second-order valence-electron chi connectivity index (χ2n) is 12.0.